The molecule has 0 unspecified atom stereocenters. The zero-order valence-corrected chi connectivity index (χ0v) is 38.0. The van der Waals surface area contributed by atoms with Gasteiger partial charge >= 0.3 is 6.18 Å². The fourth-order valence-electron chi connectivity index (χ4n) is 7.70. The summed E-state index contributed by atoms with van der Waals surface area (Å²) in [6.07, 6.45) is 3.60. The molecule has 0 atom stereocenters. The van der Waals surface area contributed by atoms with Crippen LogP contribution in [0.4, 0.5) is 40.6 Å². The number of carbonyl (C=O) groups excluding carboxylic acids is 2. The number of nitrogens with one attached hydrogen (secondary N) is 2. The van der Waals surface area contributed by atoms with Crippen molar-refractivity contribution in [1.29, 1.82) is 0 Å². The first kappa shape index (κ1) is 46.5. The average molecular weight is 976 g/mol. The quantitative estimate of drug-likeness (QED) is 0.128. The molecule has 2 N–H and O–H groups in total. The van der Waals surface area contributed by atoms with E-state index >= 15 is 0 Å². The largest absolute Gasteiger partial charge is 0.457 e. The number of halogens is 6. The van der Waals surface area contributed by atoms with Crippen LogP contribution in [0.25, 0.3) is 22.1 Å². The Kier molecular flexibility index (Phi) is 13.7. The molecule has 0 saturated carbocycles. The fraction of sp³-hybridized carbons (Fsp3) is 0.176. The maximum absolute atomic E-state index is 13.6. The predicted octanol–water partition coefficient (Wildman–Crippen LogP) is 13.0. The Labute approximate surface area is 402 Å². The Hall–Kier alpha value is -7.56. The fourth-order valence-corrected chi connectivity index (χ4v) is 8.04. The van der Waals surface area contributed by atoms with Crippen molar-refractivity contribution >= 4 is 80.1 Å². The Bertz CT molecular complexity index is 3170. The molecule has 2 fully saturated rings. The molecule has 8 aromatic rings. The van der Waals surface area contributed by atoms with Crippen LogP contribution in [-0.2, 0) is 6.18 Å². The summed E-state index contributed by atoms with van der Waals surface area (Å²) in [6.45, 7) is 3.96. The maximum Gasteiger partial charge on any atom is 0.417 e. The molecule has 0 radical (unpaired) electrons. The van der Waals surface area contributed by atoms with Crippen molar-refractivity contribution in [3.8, 4) is 23.0 Å². The van der Waals surface area contributed by atoms with Gasteiger partial charge in [-0.3, -0.25) is 19.6 Å². The number of ether oxygens (including phenoxy) is 2. The molecule has 10 rings (SSSR count). The molecule has 2 aromatic heterocycles. The van der Waals surface area contributed by atoms with Crippen molar-refractivity contribution in [3.63, 3.8) is 0 Å². The molecular weight excluding hydrogens is 936 g/mol. The summed E-state index contributed by atoms with van der Waals surface area (Å²) in [6, 6.07) is 31.4. The molecule has 2 amide bonds. The van der Waals surface area contributed by atoms with Crippen LogP contribution in [0.1, 0.15) is 52.0 Å². The zero-order chi connectivity index (χ0) is 48.1. The molecule has 0 spiro atoms. The molecule has 4 heterocycles. The summed E-state index contributed by atoms with van der Waals surface area (Å²) in [5, 5.41) is 4.81. The van der Waals surface area contributed by atoms with Crippen LogP contribution < -0.4 is 29.9 Å². The van der Waals surface area contributed by atoms with Gasteiger partial charge in [0.2, 0.25) is 0 Å². The summed E-state index contributed by atoms with van der Waals surface area (Å²) in [4.78, 5) is 47.7. The molecule has 6 aromatic carbocycles. The van der Waals surface area contributed by atoms with Gasteiger partial charge in [0.15, 0.2) is 0 Å². The Morgan fingerprint density at radius 3 is 1.38 bits per heavy atom. The van der Waals surface area contributed by atoms with E-state index in [9.17, 15) is 27.2 Å². The van der Waals surface area contributed by atoms with Gasteiger partial charge in [0.1, 0.15) is 40.5 Å². The van der Waals surface area contributed by atoms with Gasteiger partial charge in [-0.05, 0) is 135 Å². The van der Waals surface area contributed by atoms with Crippen LogP contribution in [0, 0.1) is 5.82 Å². The number of nitrogens with zero attached hydrogens (tertiary/aromatic N) is 6. The van der Waals surface area contributed by atoms with E-state index < -0.39 is 34.4 Å². The van der Waals surface area contributed by atoms with E-state index in [2.05, 4.69) is 30.4 Å². The minimum absolute atomic E-state index is 0.0278. The minimum Gasteiger partial charge on any atom is -0.457 e. The Balaban J connectivity index is 0.000000172. The van der Waals surface area contributed by atoms with Crippen LogP contribution in [0.5, 0.6) is 23.0 Å². The lowest BCUT2D eigenvalue weighted by atomic mass is 10.1. The number of fused-ring (bicyclic) bond motifs is 2. The summed E-state index contributed by atoms with van der Waals surface area (Å²) in [5.41, 5.74) is 2.99. The summed E-state index contributed by atoms with van der Waals surface area (Å²) in [7, 11) is 0. The number of amides is 2. The van der Waals surface area contributed by atoms with E-state index in [1.807, 2.05) is 36.5 Å². The average Bonchev–Trinajstić information content (AvgIpc) is 4.10. The van der Waals surface area contributed by atoms with Crippen LogP contribution in [0.3, 0.4) is 0 Å². The van der Waals surface area contributed by atoms with Crippen LogP contribution in [0.2, 0.25) is 10.0 Å². The van der Waals surface area contributed by atoms with Crippen molar-refractivity contribution in [2.45, 2.75) is 31.9 Å². The second-order valence-electron chi connectivity index (χ2n) is 16.1. The molecule has 2 saturated heterocycles. The zero-order valence-electron chi connectivity index (χ0n) is 36.4. The van der Waals surface area contributed by atoms with E-state index in [0.29, 0.717) is 34.4 Å². The lowest BCUT2D eigenvalue weighted by Crippen LogP contribution is -2.19. The van der Waals surface area contributed by atoms with Gasteiger partial charge in [0, 0.05) is 60.8 Å². The number of rotatable bonds is 10. The van der Waals surface area contributed by atoms with E-state index in [1.54, 1.807) is 60.8 Å². The third-order valence-electron chi connectivity index (χ3n) is 11.3. The van der Waals surface area contributed by atoms with Gasteiger partial charge in [0.25, 0.3) is 11.8 Å². The standard InChI is InChI=1S/C26H20ClF3N4O2.C25H20ClFN4O2/c27-21-9-3-16(13-20(21)26(28,29)30)25(35)32-17-4-6-18(7-5-17)36-19-8-10-22-23(14-19)33-24(15-31-22)34-11-1-2-12-34;26-20-9-3-16(13-21(20)27)25(32)29-17-4-6-18(7-5-17)33-19-8-10-22-23(14-19)30-24(15-28-22)31-11-1-2-12-31/h3-10,13-15H,1-2,11-12H2,(H,32,35);3-10,13-15H,1-2,11-12H2,(H,29,32). The van der Waals surface area contributed by atoms with E-state index in [-0.39, 0.29) is 16.1 Å². The van der Waals surface area contributed by atoms with Gasteiger partial charge in [0.05, 0.1) is 50.1 Å². The second-order valence-corrected chi connectivity index (χ2v) is 16.9. The van der Waals surface area contributed by atoms with Crippen molar-refractivity contribution in [2.75, 3.05) is 46.6 Å². The first-order valence-corrected chi connectivity index (χ1v) is 22.6. The number of carbonyl (C=O) groups is 2. The van der Waals surface area contributed by atoms with Crippen LogP contribution >= 0.6 is 23.2 Å². The molecular formula is C51H40Cl2F4N8O4. The lowest BCUT2D eigenvalue weighted by molar-refractivity contribution is -0.137. The molecule has 0 bridgehead atoms. The van der Waals surface area contributed by atoms with Crippen LogP contribution in [0.15, 0.2) is 134 Å². The molecule has 0 aliphatic carbocycles. The van der Waals surface area contributed by atoms with Crippen LogP contribution in [-0.4, -0.2) is 57.9 Å². The normalized spacial score (nSPS) is 13.5. The molecule has 69 heavy (non-hydrogen) atoms. The summed E-state index contributed by atoms with van der Waals surface area (Å²) >= 11 is 11.3. The highest BCUT2D eigenvalue weighted by atomic mass is 35.5. The van der Waals surface area contributed by atoms with Gasteiger partial charge in [-0.15, -0.1) is 0 Å². The highest BCUT2D eigenvalue weighted by Gasteiger charge is 2.34. The predicted molar refractivity (Wildman–Crippen MR) is 259 cm³/mol. The number of hydrogen-bond donors (Lipinski definition) is 2. The smallest absolute Gasteiger partial charge is 0.417 e. The summed E-state index contributed by atoms with van der Waals surface area (Å²) in [5.74, 6) is 2.32. The van der Waals surface area contributed by atoms with Gasteiger partial charge < -0.3 is 29.9 Å². The number of alkyl halides is 3. The third-order valence-corrected chi connectivity index (χ3v) is 11.9. The van der Waals surface area contributed by atoms with Gasteiger partial charge in [-0.2, -0.15) is 13.2 Å². The van der Waals surface area contributed by atoms with Crippen molar-refractivity contribution in [3.05, 3.63) is 166 Å². The van der Waals surface area contributed by atoms with Gasteiger partial charge in [-0.1, -0.05) is 23.2 Å². The number of benzene rings is 6. The third kappa shape index (κ3) is 11.4. The summed E-state index contributed by atoms with van der Waals surface area (Å²) < 4.78 is 64.7. The minimum atomic E-state index is -4.66. The van der Waals surface area contributed by atoms with Gasteiger partial charge in [-0.25, -0.2) is 14.4 Å². The Morgan fingerprint density at radius 2 is 0.942 bits per heavy atom. The number of hydrogen-bond acceptors (Lipinski definition) is 10. The van der Waals surface area contributed by atoms with E-state index in [4.69, 9.17) is 42.6 Å². The lowest BCUT2D eigenvalue weighted by Gasteiger charge is -2.16. The monoisotopic (exact) mass is 974 g/mol. The van der Waals surface area contributed by atoms with Crippen molar-refractivity contribution < 1.29 is 36.6 Å². The first-order chi connectivity index (χ1) is 33.3. The highest BCUT2D eigenvalue weighted by Crippen LogP contribution is 2.36. The van der Waals surface area contributed by atoms with Crippen molar-refractivity contribution in [2.24, 2.45) is 0 Å². The Morgan fingerprint density at radius 1 is 0.522 bits per heavy atom. The number of anilines is 4. The molecule has 2 aliphatic heterocycles. The second kappa shape index (κ2) is 20.3. The molecule has 12 nitrogen and oxygen atoms in total. The first-order valence-electron chi connectivity index (χ1n) is 21.9. The molecule has 350 valence electrons. The topological polar surface area (TPSA) is 135 Å². The molecule has 2 aliphatic rings. The SMILES string of the molecule is O=C(Nc1ccc(Oc2ccc3ncc(N4CCCC4)nc3c2)cc1)c1ccc(Cl)c(C(F)(F)F)c1.O=C(Nc1ccc(Oc2ccc3ncc(N4CCCC4)nc3c2)cc1)c1ccc(Cl)c(F)c1. The van der Waals surface area contributed by atoms with E-state index in [1.165, 1.54) is 31.0 Å². The van der Waals surface area contributed by atoms with E-state index in [0.717, 1.165) is 90.9 Å². The highest BCUT2D eigenvalue weighted by molar-refractivity contribution is 6.31. The number of aromatic nitrogens is 4. The molecule has 18 heteroatoms. The maximum atomic E-state index is 13.6. The van der Waals surface area contributed by atoms with Crippen molar-refractivity contribution in [1.82, 2.24) is 19.9 Å².